The first-order valence-corrected chi connectivity index (χ1v) is 14.7. The Kier molecular flexibility index (Phi) is 6.62. The molecule has 6 heteroatoms. The number of para-hydroxylation sites is 1. The van der Waals surface area contributed by atoms with Gasteiger partial charge in [-0.3, -0.25) is 4.79 Å². The zero-order valence-electron chi connectivity index (χ0n) is 23.3. The number of carbonyl (C=O) groups excluding carboxylic acids is 1. The predicted octanol–water partition coefficient (Wildman–Crippen LogP) is 5.53. The summed E-state index contributed by atoms with van der Waals surface area (Å²) >= 11 is 0. The average molecular weight is 528 g/mol. The molecule has 39 heavy (non-hydrogen) atoms. The topological polar surface area (TPSA) is 86.7 Å². The molecule has 0 radical (unpaired) electrons. The largest absolute Gasteiger partial charge is 0.385 e. The van der Waals surface area contributed by atoms with E-state index >= 15 is 0 Å². The van der Waals surface area contributed by atoms with Crippen LogP contribution in [0.2, 0.25) is 0 Å². The second kappa shape index (κ2) is 9.86. The normalized spacial score (nSPS) is 36.4. The molecule has 2 aromatic rings. The van der Waals surface area contributed by atoms with Gasteiger partial charge in [-0.25, -0.2) is 0 Å². The Morgan fingerprint density at radius 3 is 2.85 bits per heavy atom. The number of aromatic nitrogens is 1. The lowest BCUT2D eigenvalue weighted by molar-refractivity contribution is -0.125. The van der Waals surface area contributed by atoms with E-state index in [-0.39, 0.29) is 23.3 Å². The lowest BCUT2D eigenvalue weighted by Crippen LogP contribution is -2.54. The van der Waals surface area contributed by atoms with Crippen molar-refractivity contribution in [3.63, 3.8) is 0 Å². The van der Waals surface area contributed by atoms with Crippen molar-refractivity contribution in [2.45, 2.75) is 77.2 Å². The maximum Gasteiger partial charge on any atom is 0.260 e. The fourth-order valence-corrected chi connectivity index (χ4v) is 8.80. The van der Waals surface area contributed by atoms with Gasteiger partial charge in [0.2, 0.25) is 0 Å². The number of hydrogen-bond donors (Lipinski definition) is 3. The second-order valence-electron chi connectivity index (χ2n) is 12.8. The fourth-order valence-electron chi connectivity index (χ4n) is 8.80. The number of amides is 1. The molecule has 206 valence electrons. The smallest absolute Gasteiger partial charge is 0.260 e. The van der Waals surface area contributed by atoms with Crippen molar-refractivity contribution in [2.75, 3.05) is 13.2 Å². The van der Waals surface area contributed by atoms with E-state index in [0.29, 0.717) is 24.3 Å². The number of benzene rings is 1. The molecular weight excluding hydrogens is 486 g/mol. The summed E-state index contributed by atoms with van der Waals surface area (Å²) in [7, 11) is 0. The molecular formula is C33H41N3O3. The van der Waals surface area contributed by atoms with Crippen molar-refractivity contribution in [3.8, 4) is 12.3 Å². The van der Waals surface area contributed by atoms with Crippen molar-refractivity contribution in [1.82, 2.24) is 10.3 Å². The van der Waals surface area contributed by atoms with Crippen LogP contribution in [-0.2, 0) is 16.1 Å². The number of hydrogen-bond acceptors (Lipinski definition) is 4. The van der Waals surface area contributed by atoms with Gasteiger partial charge in [0.15, 0.2) is 6.61 Å². The molecule has 1 aromatic carbocycles. The van der Waals surface area contributed by atoms with Crippen molar-refractivity contribution in [3.05, 3.63) is 47.7 Å². The summed E-state index contributed by atoms with van der Waals surface area (Å²) in [5.41, 5.74) is 3.78. The molecule has 1 heterocycles. The average Bonchev–Trinajstić information content (AvgIpc) is 3.47. The molecule has 0 unspecified atom stereocenters. The molecule has 1 amide bonds. The third kappa shape index (κ3) is 4.30. The third-order valence-corrected chi connectivity index (χ3v) is 11.1. The molecule has 6 atom stereocenters. The van der Waals surface area contributed by atoms with E-state index in [1.54, 1.807) is 0 Å². The molecule has 6 rings (SSSR count). The van der Waals surface area contributed by atoms with Gasteiger partial charge in [-0.1, -0.05) is 48.7 Å². The number of nitrogens with one attached hydrogen (secondary N) is 2. The van der Waals surface area contributed by atoms with Crippen LogP contribution in [0.15, 0.2) is 47.3 Å². The first-order chi connectivity index (χ1) is 18.8. The van der Waals surface area contributed by atoms with Crippen molar-refractivity contribution in [1.29, 1.82) is 0 Å². The minimum absolute atomic E-state index is 0.0686. The Morgan fingerprint density at radius 2 is 2.00 bits per heavy atom. The molecule has 3 N–H and O–H groups in total. The lowest BCUT2D eigenvalue weighted by atomic mass is 9.46. The molecule has 1 aromatic heterocycles. The fraction of sp³-hybridized carbons (Fsp3) is 0.576. The van der Waals surface area contributed by atoms with E-state index in [0.717, 1.165) is 69.0 Å². The molecule has 0 saturated heterocycles. The summed E-state index contributed by atoms with van der Waals surface area (Å²) in [6, 6.07) is 8.19. The quantitative estimate of drug-likeness (QED) is 0.341. The summed E-state index contributed by atoms with van der Waals surface area (Å²) < 4.78 is 0. The number of terminal acetylenes is 1. The Labute approximate surface area is 231 Å². The molecule has 4 aliphatic carbocycles. The van der Waals surface area contributed by atoms with Crippen LogP contribution in [0.3, 0.4) is 0 Å². The summed E-state index contributed by atoms with van der Waals surface area (Å²) in [5, 5.41) is 19.7. The van der Waals surface area contributed by atoms with Crippen LogP contribution in [0, 0.1) is 40.9 Å². The maximum atomic E-state index is 12.3. The van der Waals surface area contributed by atoms with E-state index in [1.807, 2.05) is 18.3 Å². The van der Waals surface area contributed by atoms with Gasteiger partial charge in [-0.15, -0.1) is 6.42 Å². The zero-order valence-corrected chi connectivity index (χ0v) is 23.3. The molecule has 3 saturated carbocycles. The number of oxime groups is 1. The van der Waals surface area contributed by atoms with Crippen LogP contribution in [0.5, 0.6) is 0 Å². The highest BCUT2D eigenvalue weighted by Crippen LogP contribution is 2.67. The monoisotopic (exact) mass is 527 g/mol. The van der Waals surface area contributed by atoms with E-state index in [9.17, 15) is 9.90 Å². The molecule has 0 spiro atoms. The number of rotatable bonds is 6. The first-order valence-electron chi connectivity index (χ1n) is 14.7. The zero-order chi connectivity index (χ0) is 27.3. The predicted molar refractivity (Wildman–Crippen MR) is 154 cm³/mol. The van der Waals surface area contributed by atoms with Crippen molar-refractivity contribution >= 4 is 22.5 Å². The van der Waals surface area contributed by atoms with Gasteiger partial charge in [0, 0.05) is 29.1 Å². The van der Waals surface area contributed by atoms with E-state index in [1.165, 1.54) is 16.5 Å². The second-order valence-corrected chi connectivity index (χ2v) is 12.8. The summed E-state index contributed by atoms with van der Waals surface area (Å²) in [6.07, 6.45) is 18.9. The minimum atomic E-state index is -0.952. The van der Waals surface area contributed by atoms with Gasteiger partial charge in [-0.2, -0.15) is 0 Å². The molecule has 6 nitrogen and oxygen atoms in total. The Balaban J connectivity index is 1.03. The van der Waals surface area contributed by atoms with Crippen molar-refractivity contribution in [2.24, 2.45) is 33.7 Å². The summed E-state index contributed by atoms with van der Waals surface area (Å²) in [5.74, 6) is 4.38. The highest BCUT2D eigenvalue weighted by atomic mass is 16.6. The Bertz CT molecular complexity index is 1370. The van der Waals surface area contributed by atoms with Gasteiger partial charge in [0.25, 0.3) is 5.91 Å². The van der Waals surface area contributed by atoms with Gasteiger partial charge in [-0.05, 0) is 98.7 Å². The van der Waals surface area contributed by atoms with Crippen LogP contribution in [-0.4, -0.2) is 40.5 Å². The van der Waals surface area contributed by atoms with Crippen LogP contribution >= 0.6 is 0 Å². The van der Waals surface area contributed by atoms with E-state index < -0.39 is 5.60 Å². The minimum Gasteiger partial charge on any atom is -0.385 e. The van der Waals surface area contributed by atoms with Crippen molar-refractivity contribution < 1.29 is 14.7 Å². The number of nitrogens with zero attached hydrogens (tertiary/aromatic N) is 1. The SMILES string of the molecule is C#C[C@]1(O)CC[C@@H]2[C@H]3CCC4=C/C(=N/OCC(=O)NCCc5c[nH]c6ccccc56)CC[C@]4(C)[C@@H]3CC[C@@]21C. The number of H-pyrrole nitrogens is 1. The molecule has 0 bridgehead atoms. The Morgan fingerprint density at radius 1 is 1.18 bits per heavy atom. The first kappa shape index (κ1) is 26.2. The van der Waals surface area contributed by atoms with Crippen LogP contribution in [0.1, 0.15) is 70.8 Å². The van der Waals surface area contributed by atoms with Gasteiger partial charge >= 0.3 is 0 Å². The highest BCUT2D eigenvalue weighted by molar-refractivity contribution is 5.96. The van der Waals surface area contributed by atoms with Gasteiger partial charge in [0.1, 0.15) is 5.60 Å². The molecule has 0 aliphatic heterocycles. The van der Waals surface area contributed by atoms with Crippen LogP contribution < -0.4 is 5.32 Å². The molecule has 3 fully saturated rings. The number of allylic oxidation sites excluding steroid dienone is 2. The summed E-state index contributed by atoms with van der Waals surface area (Å²) in [4.78, 5) is 21.1. The van der Waals surface area contributed by atoms with Gasteiger partial charge < -0.3 is 20.2 Å². The number of aromatic amines is 1. The van der Waals surface area contributed by atoms with Crippen LogP contribution in [0.4, 0.5) is 0 Å². The number of carbonyl (C=O) groups is 1. The molecule has 4 aliphatic rings. The highest BCUT2D eigenvalue weighted by Gasteiger charge is 2.63. The van der Waals surface area contributed by atoms with Gasteiger partial charge in [0.05, 0.1) is 5.71 Å². The van der Waals surface area contributed by atoms with Crippen LogP contribution in [0.25, 0.3) is 10.9 Å². The third-order valence-electron chi connectivity index (χ3n) is 11.1. The number of aliphatic hydroxyl groups is 1. The Hall–Kier alpha value is -3.04. The van der Waals surface area contributed by atoms with E-state index in [2.05, 4.69) is 53.4 Å². The van der Waals surface area contributed by atoms with E-state index in [4.69, 9.17) is 11.3 Å². The maximum absolute atomic E-state index is 12.3. The standard InChI is InChI=1S/C33H41N3O3/c1-4-33(38)17-13-28-26-10-9-23-19-24(11-15-31(23,2)27(26)12-16-32(28,33)3)36-39-21-30(37)34-18-14-22-20-35-29-8-6-5-7-25(22)29/h1,5-8,19-20,26-28,35,38H,9-18,21H2,2-3H3,(H,34,37)/b36-24+/t26-,27+,28+,31-,32-,33-/m0/s1. The lowest BCUT2D eigenvalue weighted by Gasteiger charge is -2.58. The summed E-state index contributed by atoms with van der Waals surface area (Å²) in [6.45, 7) is 5.18. The number of fused-ring (bicyclic) bond motifs is 6.